The lowest BCUT2D eigenvalue weighted by atomic mass is 9.95. The van der Waals surface area contributed by atoms with E-state index in [2.05, 4.69) is 41.4 Å². The number of fused-ring (bicyclic) bond motifs is 1. The van der Waals surface area contributed by atoms with Gasteiger partial charge in [0.2, 0.25) is 5.95 Å². The summed E-state index contributed by atoms with van der Waals surface area (Å²) >= 11 is 1.99. The maximum absolute atomic E-state index is 4.72. The van der Waals surface area contributed by atoms with Crippen molar-refractivity contribution in [2.24, 2.45) is 7.05 Å². The number of aromatic nitrogens is 2. The zero-order chi connectivity index (χ0) is 13.2. The van der Waals surface area contributed by atoms with Crippen LogP contribution < -0.4 is 5.32 Å². The van der Waals surface area contributed by atoms with Gasteiger partial charge in [-0.25, -0.2) is 4.98 Å². The van der Waals surface area contributed by atoms with E-state index >= 15 is 0 Å². The molecule has 0 bridgehead atoms. The minimum Gasteiger partial charge on any atom is -0.352 e. The summed E-state index contributed by atoms with van der Waals surface area (Å²) in [5.74, 6) is 1.01. The van der Waals surface area contributed by atoms with Crippen LogP contribution in [0.15, 0.2) is 24.3 Å². The topological polar surface area (TPSA) is 29.9 Å². The van der Waals surface area contributed by atoms with Gasteiger partial charge in [0.1, 0.15) is 0 Å². The van der Waals surface area contributed by atoms with Crippen molar-refractivity contribution in [2.75, 3.05) is 11.6 Å². The van der Waals surface area contributed by atoms with Crippen molar-refractivity contribution in [1.82, 2.24) is 9.55 Å². The van der Waals surface area contributed by atoms with Gasteiger partial charge in [0.15, 0.2) is 0 Å². The average molecular weight is 275 g/mol. The molecular formula is C15H21N3S. The largest absolute Gasteiger partial charge is 0.352 e. The summed E-state index contributed by atoms with van der Waals surface area (Å²) in [6, 6.07) is 8.87. The Morgan fingerprint density at radius 1 is 1.26 bits per heavy atom. The van der Waals surface area contributed by atoms with Gasteiger partial charge in [0, 0.05) is 18.3 Å². The molecule has 3 nitrogen and oxygen atoms in total. The van der Waals surface area contributed by atoms with E-state index in [9.17, 15) is 0 Å². The van der Waals surface area contributed by atoms with Crippen LogP contribution in [0.25, 0.3) is 11.0 Å². The molecular weight excluding hydrogens is 254 g/mol. The predicted molar refractivity (Wildman–Crippen MR) is 83.9 cm³/mol. The molecule has 1 aliphatic rings. The van der Waals surface area contributed by atoms with Gasteiger partial charge in [-0.15, -0.1) is 0 Å². The van der Waals surface area contributed by atoms with Gasteiger partial charge in [0.25, 0.3) is 0 Å². The van der Waals surface area contributed by atoms with Gasteiger partial charge >= 0.3 is 0 Å². The molecule has 1 fully saturated rings. The van der Waals surface area contributed by atoms with E-state index in [1.165, 1.54) is 31.2 Å². The normalized spacial score (nSPS) is 23.7. The number of nitrogens with one attached hydrogen (secondary N) is 1. The van der Waals surface area contributed by atoms with Gasteiger partial charge < -0.3 is 9.88 Å². The number of imidazole rings is 1. The van der Waals surface area contributed by atoms with Crippen molar-refractivity contribution < 1.29 is 0 Å². The summed E-state index contributed by atoms with van der Waals surface area (Å²) in [6.45, 7) is 0. The second kappa shape index (κ2) is 5.45. The first-order chi connectivity index (χ1) is 9.29. The van der Waals surface area contributed by atoms with Crippen molar-refractivity contribution in [2.45, 2.75) is 37.0 Å². The number of anilines is 1. The molecule has 1 aromatic heterocycles. The maximum atomic E-state index is 4.72. The van der Waals surface area contributed by atoms with E-state index in [4.69, 9.17) is 4.98 Å². The Morgan fingerprint density at radius 3 is 2.84 bits per heavy atom. The molecule has 2 aromatic rings. The number of rotatable bonds is 3. The summed E-state index contributed by atoms with van der Waals surface area (Å²) in [6.07, 6.45) is 7.50. The quantitative estimate of drug-likeness (QED) is 0.927. The first kappa shape index (κ1) is 12.9. The summed E-state index contributed by atoms with van der Waals surface area (Å²) in [5.41, 5.74) is 2.27. The molecule has 1 aromatic carbocycles. The SMILES string of the molecule is CSC1CCCCC1Nc1nc2ccccc2n1C. The lowest BCUT2D eigenvalue weighted by Gasteiger charge is -2.31. The van der Waals surface area contributed by atoms with Crippen LogP contribution in [0.5, 0.6) is 0 Å². The van der Waals surface area contributed by atoms with E-state index < -0.39 is 0 Å². The highest BCUT2D eigenvalue weighted by atomic mass is 32.2. The van der Waals surface area contributed by atoms with E-state index in [1.807, 2.05) is 17.8 Å². The van der Waals surface area contributed by atoms with Crippen molar-refractivity contribution in [3.63, 3.8) is 0 Å². The number of hydrogen-bond donors (Lipinski definition) is 1. The number of nitrogens with zero attached hydrogens (tertiary/aromatic N) is 2. The highest BCUT2D eigenvalue weighted by Gasteiger charge is 2.25. The number of benzene rings is 1. The predicted octanol–water partition coefficient (Wildman–Crippen LogP) is 3.66. The molecule has 1 aliphatic carbocycles. The molecule has 0 saturated heterocycles. The minimum absolute atomic E-state index is 0.555. The Labute approximate surface area is 118 Å². The molecule has 2 unspecified atom stereocenters. The zero-order valence-electron chi connectivity index (χ0n) is 11.6. The molecule has 0 amide bonds. The highest BCUT2D eigenvalue weighted by molar-refractivity contribution is 7.99. The third kappa shape index (κ3) is 2.46. The van der Waals surface area contributed by atoms with E-state index in [0.29, 0.717) is 11.3 Å². The van der Waals surface area contributed by atoms with Crippen LogP contribution in [0.1, 0.15) is 25.7 Å². The first-order valence-corrected chi connectivity index (χ1v) is 8.29. The second-order valence-electron chi connectivity index (χ2n) is 5.29. The fourth-order valence-electron chi connectivity index (χ4n) is 2.98. The Morgan fingerprint density at radius 2 is 2.05 bits per heavy atom. The maximum Gasteiger partial charge on any atom is 0.203 e. The van der Waals surface area contributed by atoms with Crippen molar-refractivity contribution >= 4 is 28.7 Å². The number of hydrogen-bond acceptors (Lipinski definition) is 3. The fraction of sp³-hybridized carbons (Fsp3) is 0.533. The molecule has 102 valence electrons. The zero-order valence-corrected chi connectivity index (χ0v) is 12.4. The van der Waals surface area contributed by atoms with Crippen LogP contribution in [0, 0.1) is 0 Å². The Kier molecular flexibility index (Phi) is 3.69. The Bertz CT molecular complexity index is 564. The monoisotopic (exact) mass is 275 g/mol. The average Bonchev–Trinajstić information content (AvgIpc) is 2.77. The second-order valence-corrected chi connectivity index (χ2v) is 6.37. The molecule has 1 saturated carbocycles. The molecule has 0 aliphatic heterocycles. The molecule has 0 radical (unpaired) electrons. The van der Waals surface area contributed by atoms with Gasteiger partial charge in [-0.2, -0.15) is 11.8 Å². The number of aryl methyl sites for hydroxylation is 1. The molecule has 0 spiro atoms. The lowest BCUT2D eigenvalue weighted by Crippen LogP contribution is -2.35. The fourth-order valence-corrected chi connectivity index (χ4v) is 3.92. The Hall–Kier alpha value is -1.16. The summed E-state index contributed by atoms with van der Waals surface area (Å²) in [4.78, 5) is 4.72. The van der Waals surface area contributed by atoms with Gasteiger partial charge in [0.05, 0.1) is 11.0 Å². The molecule has 2 atom stereocenters. The molecule has 3 rings (SSSR count). The third-order valence-corrected chi connectivity index (χ3v) is 5.28. The van der Waals surface area contributed by atoms with Crippen LogP contribution in [0.2, 0.25) is 0 Å². The first-order valence-electron chi connectivity index (χ1n) is 7.00. The molecule has 19 heavy (non-hydrogen) atoms. The van der Waals surface area contributed by atoms with Gasteiger partial charge in [-0.05, 0) is 31.2 Å². The van der Waals surface area contributed by atoms with Crippen LogP contribution in [-0.2, 0) is 7.05 Å². The third-order valence-electron chi connectivity index (χ3n) is 4.11. The smallest absolute Gasteiger partial charge is 0.203 e. The number of para-hydroxylation sites is 2. The van der Waals surface area contributed by atoms with Crippen molar-refractivity contribution in [3.05, 3.63) is 24.3 Å². The van der Waals surface area contributed by atoms with Crippen molar-refractivity contribution in [1.29, 1.82) is 0 Å². The van der Waals surface area contributed by atoms with Crippen LogP contribution in [0.4, 0.5) is 5.95 Å². The van der Waals surface area contributed by atoms with Gasteiger partial charge in [-0.1, -0.05) is 25.0 Å². The molecule has 1 heterocycles. The lowest BCUT2D eigenvalue weighted by molar-refractivity contribution is 0.472. The Balaban J connectivity index is 1.86. The van der Waals surface area contributed by atoms with Crippen LogP contribution in [0.3, 0.4) is 0 Å². The van der Waals surface area contributed by atoms with E-state index in [-0.39, 0.29) is 0 Å². The van der Waals surface area contributed by atoms with E-state index in [0.717, 1.165) is 11.5 Å². The van der Waals surface area contributed by atoms with E-state index in [1.54, 1.807) is 0 Å². The summed E-state index contributed by atoms with van der Waals surface area (Å²) in [5, 5.41) is 4.39. The minimum atomic E-state index is 0.555. The van der Waals surface area contributed by atoms with Crippen molar-refractivity contribution in [3.8, 4) is 0 Å². The van der Waals surface area contributed by atoms with Gasteiger partial charge in [-0.3, -0.25) is 0 Å². The summed E-state index contributed by atoms with van der Waals surface area (Å²) in [7, 11) is 2.09. The molecule has 4 heteroatoms. The standard InChI is InChI=1S/C15H21N3S/c1-18-13-9-5-3-7-11(13)16-15(18)17-12-8-4-6-10-14(12)19-2/h3,5,7,9,12,14H,4,6,8,10H2,1-2H3,(H,16,17). The number of thioether (sulfide) groups is 1. The summed E-state index contributed by atoms with van der Waals surface area (Å²) < 4.78 is 2.17. The van der Waals surface area contributed by atoms with Crippen LogP contribution in [-0.4, -0.2) is 27.1 Å². The molecule has 1 N–H and O–H groups in total. The highest BCUT2D eigenvalue weighted by Crippen LogP contribution is 2.30. The van der Waals surface area contributed by atoms with Crippen LogP contribution >= 0.6 is 11.8 Å².